The first-order valence-electron chi connectivity index (χ1n) is 12.9. The number of fused-ring (bicyclic) bond motifs is 5. The monoisotopic (exact) mass is 506 g/mol. The zero-order valence-corrected chi connectivity index (χ0v) is 20.8. The molecule has 8 nitrogen and oxygen atoms in total. The molecule has 4 amide bonds. The Kier molecular flexibility index (Phi) is 4.87. The van der Waals surface area contributed by atoms with Crippen molar-refractivity contribution in [3.63, 3.8) is 0 Å². The largest absolute Gasteiger partial charge is 0.310 e. The van der Waals surface area contributed by atoms with Crippen LogP contribution < -0.4 is 20.0 Å². The van der Waals surface area contributed by atoms with Crippen molar-refractivity contribution in [2.75, 3.05) is 27.8 Å². The number of anilines is 3. The summed E-state index contributed by atoms with van der Waals surface area (Å²) >= 11 is 0. The van der Waals surface area contributed by atoms with E-state index < -0.39 is 29.3 Å². The topological polar surface area (TPSA) is 90.0 Å². The second kappa shape index (κ2) is 8.10. The van der Waals surface area contributed by atoms with E-state index in [1.807, 2.05) is 61.5 Å². The lowest BCUT2D eigenvalue weighted by Gasteiger charge is -2.30. The van der Waals surface area contributed by atoms with Gasteiger partial charge >= 0.3 is 0 Å². The predicted molar refractivity (Wildman–Crippen MR) is 141 cm³/mol. The second-order valence-electron chi connectivity index (χ2n) is 10.4. The van der Waals surface area contributed by atoms with E-state index in [9.17, 15) is 19.2 Å². The average molecular weight is 507 g/mol. The Morgan fingerprint density at radius 3 is 2.37 bits per heavy atom. The molecule has 0 bridgehead atoms. The van der Waals surface area contributed by atoms with Gasteiger partial charge in [-0.1, -0.05) is 54.6 Å². The molecule has 3 aromatic carbocycles. The number of hydrogen-bond acceptors (Lipinski definition) is 5. The molecule has 3 aromatic rings. The number of carbonyl (C=O) groups is 4. The third-order valence-electron chi connectivity index (χ3n) is 8.51. The van der Waals surface area contributed by atoms with Gasteiger partial charge in [0.05, 0.1) is 17.5 Å². The minimum Gasteiger partial charge on any atom is -0.310 e. The zero-order chi connectivity index (χ0) is 26.2. The summed E-state index contributed by atoms with van der Waals surface area (Å²) in [6.45, 7) is 2.26. The van der Waals surface area contributed by atoms with Gasteiger partial charge in [0.15, 0.2) is 0 Å². The normalized spacial score (nSPS) is 27.3. The van der Waals surface area contributed by atoms with E-state index in [0.717, 1.165) is 17.7 Å². The molecule has 38 heavy (non-hydrogen) atoms. The quantitative estimate of drug-likeness (QED) is 0.552. The van der Waals surface area contributed by atoms with Crippen molar-refractivity contribution in [2.45, 2.75) is 24.9 Å². The Morgan fingerprint density at radius 2 is 1.58 bits per heavy atom. The van der Waals surface area contributed by atoms with Crippen LogP contribution in [0.15, 0.2) is 78.9 Å². The summed E-state index contributed by atoms with van der Waals surface area (Å²) < 4.78 is 0. The highest BCUT2D eigenvalue weighted by Crippen LogP contribution is 2.55. The zero-order valence-electron chi connectivity index (χ0n) is 20.8. The number of para-hydroxylation sites is 3. The van der Waals surface area contributed by atoms with E-state index >= 15 is 0 Å². The Labute approximate surface area is 219 Å². The minimum atomic E-state index is -1.42. The molecule has 0 aromatic heterocycles. The molecule has 2 saturated heterocycles. The van der Waals surface area contributed by atoms with Crippen LogP contribution in [0.4, 0.5) is 17.1 Å². The van der Waals surface area contributed by atoms with Crippen LogP contribution in [0.3, 0.4) is 0 Å². The molecule has 0 saturated carbocycles. The van der Waals surface area contributed by atoms with Gasteiger partial charge in [-0.05, 0) is 43.2 Å². The fraction of sp³-hybridized carbons (Fsp3) is 0.267. The standard InChI is InChI=1S/C30H26N4O4/c1-18-25-26(28(37)34(27(25)36)20-10-3-2-4-11-20)30(31-18)21-12-6-8-14-23(21)33(29(30)38)17-24(35)32-16-15-19-9-5-7-13-22(19)32/h2-14,18,25-26,31H,15-17H2,1H3/t18-,25+,26+,30+/m1/s1. The molecule has 4 aliphatic heterocycles. The highest BCUT2D eigenvalue weighted by Gasteiger charge is 2.71. The first-order chi connectivity index (χ1) is 18.4. The molecule has 0 aliphatic carbocycles. The molecule has 0 radical (unpaired) electrons. The molecule has 2 fully saturated rings. The van der Waals surface area contributed by atoms with Crippen molar-refractivity contribution < 1.29 is 19.2 Å². The summed E-state index contributed by atoms with van der Waals surface area (Å²) in [5.74, 6) is -2.86. The maximum Gasteiger partial charge on any atom is 0.253 e. The highest BCUT2D eigenvalue weighted by molar-refractivity contribution is 6.26. The van der Waals surface area contributed by atoms with Crippen LogP contribution in [-0.4, -0.2) is 42.8 Å². The Balaban J connectivity index is 1.28. The van der Waals surface area contributed by atoms with E-state index in [-0.39, 0.29) is 24.3 Å². The number of imide groups is 1. The average Bonchev–Trinajstić information content (AvgIpc) is 3.63. The fourth-order valence-corrected chi connectivity index (χ4v) is 6.92. The summed E-state index contributed by atoms with van der Waals surface area (Å²) in [5, 5.41) is 3.37. The maximum absolute atomic E-state index is 14.4. The van der Waals surface area contributed by atoms with Crippen LogP contribution >= 0.6 is 0 Å². The number of nitrogens with one attached hydrogen (secondary N) is 1. The van der Waals surface area contributed by atoms with Crippen LogP contribution in [0, 0.1) is 11.8 Å². The van der Waals surface area contributed by atoms with Gasteiger partial charge in [0.2, 0.25) is 17.7 Å². The van der Waals surface area contributed by atoms with Crippen molar-refractivity contribution in [3.8, 4) is 0 Å². The number of carbonyl (C=O) groups excluding carboxylic acids is 4. The van der Waals surface area contributed by atoms with Crippen molar-refractivity contribution in [3.05, 3.63) is 90.0 Å². The van der Waals surface area contributed by atoms with E-state index in [0.29, 0.717) is 23.5 Å². The molecule has 1 N–H and O–H groups in total. The molecule has 1 spiro atoms. The lowest BCUT2D eigenvalue weighted by Crippen LogP contribution is -2.56. The van der Waals surface area contributed by atoms with Gasteiger partial charge in [-0.15, -0.1) is 0 Å². The van der Waals surface area contributed by atoms with Gasteiger partial charge in [-0.3, -0.25) is 24.5 Å². The minimum absolute atomic E-state index is 0.149. The van der Waals surface area contributed by atoms with Gasteiger partial charge in [-0.25, -0.2) is 4.90 Å². The maximum atomic E-state index is 14.4. The van der Waals surface area contributed by atoms with Crippen molar-refractivity contribution in [1.29, 1.82) is 0 Å². The number of amides is 4. The molecule has 190 valence electrons. The first kappa shape index (κ1) is 22.9. The van der Waals surface area contributed by atoms with Gasteiger partial charge in [0.1, 0.15) is 12.1 Å². The van der Waals surface area contributed by atoms with Gasteiger partial charge in [-0.2, -0.15) is 0 Å². The van der Waals surface area contributed by atoms with Crippen LogP contribution in [-0.2, 0) is 31.1 Å². The highest BCUT2D eigenvalue weighted by atomic mass is 16.2. The van der Waals surface area contributed by atoms with Gasteiger partial charge < -0.3 is 9.80 Å². The summed E-state index contributed by atoms with van der Waals surface area (Å²) in [6, 6.07) is 23.5. The Morgan fingerprint density at radius 1 is 0.895 bits per heavy atom. The number of benzene rings is 3. The van der Waals surface area contributed by atoms with Crippen LogP contribution in [0.2, 0.25) is 0 Å². The third kappa shape index (κ3) is 2.89. The van der Waals surface area contributed by atoms with Crippen molar-refractivity contribution >= 4 is 40.7 Å². The number of rotatable bonds is 3. The number of nitrogens with zero attached hydrogens (tertiary/aromatic N) is 3. The second-order valence-corrected chi connectivity index (χ2v) is 10.4. The van der Waals surface area contributed by atoms with Crippen molar-refractivity contribution in [1.82, 2.24) is 5.32 Å². The molecule has 8 heteroatoms. The molecule has 4 atom stereocenters. The van der Waals surface area contributed by atoms with E-state index in [4.69, 9.17) is 0 Å². The summed E-state index contributed by atoms with van der Waals surface area (Å²) in [4.78, 5) is 59.9. The molecular formula is C30H26N4O4. The predicted octanol–water partition coefficient (Wildman–Crippen LogP) is 2.62. The van der Waals surface area contributed by atoms with Crippen LogP contribution in [0.25, 0.3) is 0 Å². The molecule has 4 aliphatic rings. The molecular weight excluding hydrogens is 480 g/mol. The smallest absolute Gasteiger partial charge is 0.253 e. The van der Waals surface area contributed by atoms with Crippen LogP contribution in [0.5, 0.6) is 0 Å². The number of hydrogen-bond donors (Lipinski definition) is 1. The lowest BCUT2D eigenvalue weighted by atomic mass is 9.76. The SMILES string of the molecule is C[C@H]1N[C@]2(C(=O)N(CC(=O)N3CCc4ccccc43)c3ccccc32)[C@@H]2C(=O)N(c3ccccc3)C(=O)[C@H]21. The lowest BCUT2D eigenvalue weighted by molar-refractivity contribution is -0.132. The van der Waals surface area contributed by atoms with E-state index in [2.05, 4.69) is 5.32 Å². The van der Waals surface area contributed by atoms with Crippen LogP contribution in [0.1, 0.15) is 18.1 Å². The third-order valence-corrected chi connectivity index (χ3v) is 8.51. The van der Waals surface area contributed by atoms with Gasteiger partial charge in [0.25, 0.3) is 5.91 Å². The Bertz CT molecular complexity index is 1520. The molecule has 0 unspecified atom stereocenters. The first-order valence-corrected chi connectivity index (χ1v) is 12.9. The van der Waals surface area contributed by atoms with E-state index in [1.165, 1.54) is 9.80 Å². The summed E-state index contributed by atoms with van der Waals surface area (Å²) in [7, 11) is 0. The molecule has 4 heterocycles. The summed E-state index contributed by atoms with van der Waals surface area (Å²) in [5.41, 5.74) is 2.29. The fourth-order valence-electron chi connectivity index (χ4n) is 6.92. The molecule has 7 rings (SSSR count). The Hall–Kier alpha value is -4.30. The van der Waals surface area contributed by atoms with E-state index in [1.54, 1.807) is 29.2 Å². The van der Waals surface area contributed by atoms with Crippen molar-refractivity contribution in [2.24, 2.45) is 11.8 Å². The van der Waals surface area contributed by atoms with Gasteiger partial charge in [0, 0.05) is 29.5 Å². The summed E-state index contributed by atoms with van der Waals surface area (Å²) in [6.07, 6.45) is 0.769.